The van der Waals surface area contributed by atoms with Gasteiger partial charge in [0.05, 0.1) is 18.0 Å². The average Bonchev–Trinajstić information content (AvgIpc) is 2.95. The number of aliphatic hydroxyl groups is 3. The summed E-state index contributed by atoms with van der Waals surface area (Å²) < 4.78 is 31.5. The molecule has 0 unspecified atom stereocenters. The number of para-hydroxylation sites is 1. The van der Waals surface area contributed by atoms with E-state index in [1.165, 1.54) is 0 Å². The molecule has 0 amide bonds. The van der Waals surface area contributed by atoms with Crippen molar-refractivity contribution < 1.29 is 53.2 Å². The zero-order valence-electron chi connectivity index (χ0n) is 15.0. The highest BCUT2D eigenvalue weighted by atomic mass is 32.2. The summed E-state index contributed by atoms with van der Waals surface area (Å²) >= 11 is 0. The van der Waals surface area contributed by atoms with Crippen LogP contribution in [0.5, 0.6) is 0 Å². The molecule has 1 aromatic carbocycles. The minimum absolute atomic E-state index is 0.0463. The van der Waals surface area contributed by atoms with Crippen molar-refractivity contribution in [3.8, 4) is 0 Å². The second-order valence-corrected chi connectivity index (χ2v) is 8.05. The SMILES string of the molecule is O=C(O)C[C@@H](C(=O)O)N([C@H]1O[C@@H](CO)[C@H](O)[C@H]1O)S(=O)(=O)c1ccccc1[N+](=O)[O-]. The Hall–Kier alpha value is -2.69. The van der Waals surface area contributed by atoms with Crippen LogP contribution in [0.1, 0.15) is 6.42 Å². The number of nitro benzene ring substituents is 1. The Morgan fingerprint density at radius 2 is 1.80 bits per heavy atom. The number of aliphatic hydroxyl groups excluding tert-OH is 3. The number of rotatable bonds is 9. The molecule has 1 aliphatic heterocycles. The van der Waals surface area contributed by atoms with Crippen molar-refractivity contribution in [2.45, 2.75) is 41.9 Å². The third-order valence-corrected chi connectivity index (χ3v) is 6.26. The molecule has 1 fully saturated rings. The van der Waals surface area contributed by atoms with E-state index in [9.17, 15) is 48.5 Å². The third-order valence-electron chi connectivity index (χ3n) is 4.35. The van der Waals surface area contributed by atoms with E-state index in [1.807, 2.05) is 0 Å². The van der Waals surface area contributed by atoms with Crippen molar-refractivity contribution in [3.63, 3.8) is 0 Å². The van der Waals surface area contributed by atoms with Gasteiger partial charge in [-0.25, -0.2) is 8.42 Å². The van der Waals surface area contributed by atoms with Crippen LogP contribution in [0.3, 0.4) is 0 Å². The monoisotopic (exact) mass is 450 g/mol. The average molecular weight is 450 g/mol. The number of carboxylic acid groups (broad SMARTS) is 2. The van der Waals surface area contributed by atoms with Crippen LogP contribution in [-0.4, -0.2) is 92.3 Å². The smallest absolute Gasteiger partial charge is 0.322 e. The fourth-order valence-electron chi connectivity index (χ4n) is 2.96. The lowest BCUT2D eigenvalue weighted by atomic mass is 10.1. The highest BCUT2D eigenvalue weighted by Crippen LogP contribution is 2.34. The van der Waals surface area contributed by atoms with Crippen LogP contribution in [0.15, 0.2) is 29.2 Å². The van der Waals surface area contributed by atoms with Crippen molar-refractivity contribution in [2.24, 2.45) is 0 Å². The largest absolute Gasteiger partial charge is 0.481 e. The summed E-state index contributed by atoms with van der Waals surface area (Å²) in [4.78, 5) is 32.1. The van der Waals surface area contributed by atoms with Crippen molar-refractivity contribution in [2.75, 3.05) is 6.61 Å². The third kappa shape index (κ3) is 4.40. The molecule has 14 nitrogen and oxygen atoms in total. The van der Waals surface area contributed by atoms with Crippen molar-refractivity contribution >= 4 is 27.6 Å². The van der Waals surface area contributed by atoms with Gasteiger partial charge in [-0.3, -0.25) is 19.7 Å². The van der Waals surface area contributed by atoms with Crippen LogP contribution in [0.2, 0.25) is 0 Å². The second-order valence-electron chi connectivity index (χ2n) is 6.24. The summed E-state index contributed by atoms with van der Waals surface area (Å²) in [5, 5.41) is 59.1. The van der Waals surface area contributed by atoms with Gasteiger partial charge in [0.15, 0.2) is 11.1 Å². The Balaban J connectivity index is 2.71. The van der Waals surface area contributed by atoms with E-state index in [-0.39, 0.29) is 4.31 Å². The number of aliphatic carboxylic acids is 2. The number of carbonyl (C=O) groups is 2. The van der Waals surface area contributed by atoms with E-state index < -0.39 is 81.1 Å². The predicted octanol–water partition coefficient (Wildman–Crippen LogP) is -2.05. The number of hydrogen-bond donors (Lipinski definition) is 5. The molecule has 5 atom stereocenters. The molecule has 2 rings (SSSR count). The molecule has 1 aromatic rings. The zero-order valence-corrected chi connectivity index (χ0v) is 15.8. The fourth-order valence-corrected chi connectivity index (χ4v) is 4.80. The number of nitrogens with zero attached hydrogens (tertiary/aromatic N) is 2. The molecule has 1 aliphatic rings. The summed E-state index contributed by atoms with van der Waals surface area (Å²) in [6.07, 6.45) is -8.89. The molecule has 166 valence electrons. The number of benzene rings is 1. The van der Waals surface area contributed by atoms with Crippen molar-refractivity contribution in [1.29, 1.82) is 0 Å². The normalized spacial score (nSPS) is 25.2. The standard InChI is InChI=1S/C15H18N2O12S/c18-6-9-12(21)13(22)14(29-9)16(8(15(23)24)5-11(19)20)30(27,28)10-4-2-1-3-7(10)17(25)26/h1-4,8-9,12-14,18,21-22H,5-6H2,(H,19,20)(H,23,24)/t8-,9-,12-,13+,14-/m0/s1. The lowest BCUT2D eigenvalue weighted by Crippen LogP contribution is -2.55. The molecule has 0 saturated carbocycles. The van der Waals surface area contributed by atoms with Gasteiger partial charge in [-0.2, -0.15) is 4.31 Å². The van der Waals surface area contributed by atoms with Gasteiger partial charge in [-0.1, -0.05) is 12.1 Å². The Kier molecular flexibility index (Phi) is 7.06. The van der Waals surface area contributed by atoms with E-state index in [4.69, 9.17) is 9.84 Å². The van der Waals surface area contributed by atoms with Gasteiger partial charge >= 0.3 is 11.9 Å². The molecular formula is C15H18N2O12S. The van der Waals surface area contributed by atoms with E-state index in [1.54, 1.807) is 0 Å². The van der Waals surface area contributed by atoms with Crippen LogP contribution in [-0.2, 0) is 24.3 Å². The van der Waals surface area contributed by atoms with Gasteiger partial charge < -0.3 is 30.3 Å². The van der Waals surface area contributed by atoms with E-state index in [2.05, 4.69) is 0 Å². The van der Waals surface area contributed by atoms with Gasteiger partial charge in [0.1, 0.15) is 24.4 Å². The maximum atomic E-state index is 13.2. The lowest BCUT2D eigenvalue weighted by Gasteiger charge is -2.33. The number of sulfonamides is 1. The minimum Gasteiger partial charge on any atom is -0.481 e. The molecule has 0 bridgehead atoms. The first-order valence-corrected chi connectivity index (χ1v) is 9.71. The Bertz CT molecular complexity index is 935. The summed E-state index contributed by atoms with van der Waals surface area (Å²) in [5.41, 5.74) is -0.936. The van der Waals surface area contributed by atoms with E-state index in [0.29, 0.717) is 0 Å². The van der Waals surface area contributed by atoms with E-state index in [0.717, 1.165) is 24.3 Å². The summed E-state index contributed by atoms with van der Waals surface area (Å²) in [6.45, 7) is -0.884. The molecule has 15 heteroatoms. The van der Waals surface area contributed by atoms with Crippen molar-refractivity contribution in [1.82, 2.24) is 4.31 Å². The summed E-state index contributed by atoms with van der Waals surface area (Å²) in [6, 6.07) is 1.52. The molecule has 1 saturated heterocycles. The van der Waals surface area contributed by atoms with Gasteiger partial charge in [0.25, 0.3) is 15.7 Å². The lowest BCUT2D eigenvalue weighted by molar-refractivity contribution is -0.387. The van der Waals surface area contributed by atoms with Gasteiger partial charge in [0, 0.05) is 6.07 Å². The molecule has 1 heterocycles. The van der Waals surface area contributed by atoms with Crippen LogP contribution >= 0.6 is 0 Å². The Morgan fingerprint density at radius 1 is 1.20 bits per heavy atom. The number of carboxylic acids is 2. The first kappa shape index (κ1) is 23.6. The quantitative estimate of drug-likeness (QED) is 0.202. The molecule has 0 aromatic heterocycles. The van der Waals surface area contributed by atoms with Gasteiger partial charge in [-0.15, -0.1) is 0 Å². The van der Waals surface area contributed by atoms with Crippen LogP contribution < -0.4 is 0 Å². The summed E-state index contributed by atoms with van der Waals surface area (Å²) in [7, 11) is -5.17. The topological polar surface area (TPSA) is 225 Å². The molecule has 0 radical (unpaired) electrons. The Morgan fingerprint density at radius 3 is 2.27 bits per heavy atom. The number of ether oxygens (including phenoxy) is 1. The number of nitro groups is 1. The molecule has 30 heavy (non-hydrogen) atoms. The molecule has 5 N–H and O–H groups in total. The van der Waals surface area contributed by atoms with Crippen molar-refractivity contribution in [3.05, 3.63) is 34.4 Å². The van der Waals surface area contributed by atoms with Crippen LogP contribution in [0.4, 0.5) is 5.69 Å². The van der Waals surface area contributed by atoms with E-state index >= 15 is 0 Å². The Labute approximate surface area is 168 Å². The predicted molar refractivity (Wildman–Crippen MR) is 93.6 cm³/mol. The van der Waals surface area contributed by atoms with Crippen LogP contribution in [0, 0.1) is 10.1 Å². The fraction of sp³-hybridized carbons (Fsp3) is 0.467. The zero-order chi connectivity index (χ0) is 22.8. The minimum atomic E-state index is -5.17. The highest BCUT2D eigenvalue weighted by Gasteiger charge is 2.53. The first-order chi connectivity index (χ1) is 13.9. The molecular weight excluding hydrogens is 432 g/mol. The van der Waals surface area contributed by atoms with Crippen LogP contribution in [0.25, 0.3) is 0 Å². The number of hydrogen-bond acceptors (Lipinski definition) is 10. The maximum Gasteiger partial charge on any atom is 0.322 e. The summed E-state index contributed by atoms with van der Waals surface area (Å²) in [5.74, 6) is -3.67. The molecule has 0 spiro atoms. The first-order valence-electron chi connectivity index (χ1n) is 8.27. The maximum absolute atomic E-state index is 13.2. The highest BCUT2D eigenvalue weighted by molar-refractivity contribution is 7.89. The van der Waals surface area contributed by atoms with Gasteiger partial charge in [0.2, 0.25) is 0 Å². The second kappa shape index (κ2) is 8.99. The van der Waals surface area contributed by atoms with Gasteiger partial charge in [-0.05, 0) is 6.07 Å². The molecule has 0 aliphatic carbocycles.